The fourth-order valence-electron chi connectivity index (χ4n) is 9.81. The van der Waals surface area contributed by atoms with Gasteiger partial charge in [-0.25, -0.2) is 0 Å². The number of ketones is 1. The third-order valence-corrected chi connectivity index (χ3v) is 11.4. The van der Waals surface area contributed by atoms with Gasteiger partial charge >= 0.3 is 0 Å². The summed E-state index contributed by atoms with van der Waals surface area (Å²) in [6.45, 7) is 6.49. The molecule has 0 saturated heterocycles. The molecule has 1 aromatic heterocycles. The minimum absolute atomic E-state index is 0.0980. The largest absolute Gasteiger partial charge is 0.390 e. The van der Waals surface area contributed by atoms with Crippen LogP contribution in [0.25, 0.3) is 0 Å². The number of Topliss-reactive ketones (excluding diaryl/α,β-unsaturated/α-hetero) is 1. The van der Waals surface area contributed by atoms with E-state index in [1.54, 1.807) is 0 Å². The van der Waals surface area contributed by atoms with Crippen LogP contribution in [-0.2, 0) is 22.5 Å². The lowest BCUT2D eigenvalue weighted by Gasteiger charge is -2.62. The topological polar surface area (TPSA) is 76.7 Å². The summed E-state index contributed by atoms with van der Waals surface area (Å²) < 4.78 is 7.80. The monoisotopic (exact) mass is 481 g/mol. The predicted molar refractivity (Wildman–Crippen MR) is 135 cm³/mol. The highest BCUT2D eigenvalue weighted by Gasteiger charge is 2.63. The van der Waals surface area contributed by atoms with Crippen molar-refractivity contribution in [3.8, 4) is 0 Å². The highest BCUT2D eigenvalue weighted by atomic mass is 16.5. The molecular weight excluding hydrogens is 438 g/mol. The number of ether oxygens (including phenoxy) is 1. The number of carbonyl (C=O) groups excluding carboxylic acids is 1. The number of fused-ring (bicyclic) bond motifs is 6. The molecule has 5 aliphatic rings. The van der Waals surface area contributed by atoms with Crippen molar-refractivity contribution in [1.29, 1.82) is 0 Å². The van der Waals surface area contributed by atoms with Gasteiger partial charge in [-0.2, -0.15) is 5.10 Å². The third kappa shape index (κ3) is 3.68. The van der Waals surface area contributed by atoms with E-state index in [4.69, 9.17) is 4.74 Å². The molecule has 6 rings (SSSR count). The van der Waals surface area contributed by atoms with Gasteiger partial charge in [0.15, 0.2) is 5.78 Å². The number of aliphatic imine (C=N–C) groups is 1. The Morgan fingerprint density at radius 2 is 2.00 bits per heavy atom. The van der Waals surface area contributed by atoms with Crippen molar-refractivity contribution in [2.75, 3.05) is 20.3 Å². The van der Waals surface area contributed by atoms with Crippen molar-refractivity contribution in [2.45, 2.75) is 90.2 Å². The van der Waals surface area contributed by atoms with Gasteiger partial charge in [0.05, 0.1) is 24.1 Å². The van der Waals surface area contributed by atoms with E-state index < -0.39 is 5.60 Å². The van der Waals surface area contributed by atoms with Gasteiger partial charge < -0.3 is 9.84 Å². The highest BCUT2D eigenvalue weighted by molar-refractivity contribution is 5.85. The first kappa shape index (κ1) is 23.8. The lowest BCUT2D eigenvalue weighted by molar-refractivity contribution is -0.175. The number of methoxy groups -OCH3 is 1. The summed E-state index contributed by atoms with van der Waals surface area (Å²) in [4.78, 5) is 18.2. The highest BCUT2D eigenvalue weighted by Crippen LogP contribution is 2.68. The first-order valence-corrected chi connectivity index (χ1v) is 14.1. The van der Waals surface area contributed by atoms with E-state index in [9.17, 15) is 9.90 Å². The lowest BCUT2D eigenvalue weighted by atomic mass is 9.43. The van der Waals surface area contributed by atoms with Gasteiger partial charge in [-0.1, -0.05) is 6.92 Å². The van der Waals surface area contributed by atoms with Crippen LogP contribution in [0.3, 0.4) is 0 Å². The third-order valence-electron chi connectivity index (χ3n) is 11.4. The van der Waals surface area contributed by atoms with Crippen LogP contribution in [0.2, 0.25) is 0 Å². The van der Waals surface area contributed by atoms with Crippen LogP contribution < -0.4 is 0 Å². The zero-order valence-electron chi connectivity index (χ0n) is 21.8. The van der Waals surface area contributed by atoms with Gasteiger partial charge in [0.25, 0.3) is 0 Å². The van der Waals surface area contributed by atoms with Crippen LogP contribution >= 0.6 is 0 Å². The van der Waals surface area contributed by atoms with Gasteiger partial charge in [0.1, 0.15) is 6.54 Å². The minimum Gasteiger partial charge on any atom is -0.390 e. The number of nitrogens with zero attached hydrogens (tertiary/aromatic N) is 3. The quantitative estimate of drug-likeness (QED) is 0.673. The Labute approximate surface area is 209 Å². The average Bonchev–Trinajstić information content (AvgIpc) is 3.40. The van der Waals surface area contributed by atoms with Crippen molar-refractivity contribution in [3.05, 3.63) is 17.5 Å². The molecule has 6 heteroatoms. The van der Waals surface area contributed by atoms with Crippen LogP contribution in [0.1, 0.15) is 82.9 Å². The van der Waals surface area contributed by atoms with E-state index in [-0.39, 0.29) is 16.7 Å². The van der Waals surface area contributed by atoms with Crippen LogP contribution in [0.4, 0.5) is 0 Å². The summed E-state index contributed by atoms with van der Waals surface area (Å²) >= 11 is 0. The fourth-order valence-corrected chi connectivity index (χ4v) is 9.81. The molecule has 0 bridgehead atoms. The molecular formula is C29H43N3O3. The van der Waals surface area contributed by atoms with Gasteiger partial charge in [-0.05, 0) is 106 Å². The molecule has 1 aliphatic heterocycles. The van der Waals surface area contributed by atoms with Crippen molar-refractivity contribution in [2.24, 2.45) is 45.4 Å². The van der Waals surface area contributed by atoms with E-state index in [0.717, 1.165) is 57.4 Å². The standard InChI is InChI=1S/C29H43N3O3/c1-27(34)11-12-29(18-35-3)20(14-27)4-5-21-22-6-7-24(28(22,2)10-8-23(21)29)26(33)17-32-25-16-30-13-9-19(25)15-31-32/h15-16,20-24,34H,4-14,17-18H2,1-3H3/t20-,21-,22-,23-,24+,27+,28-,29+/m0/s1. The Kier molecular flexibility index (Phi) is 5.80. The molecule has 8 atom stereocenters. The maximum Gasteiger partial charge on any atom is 0.157 e. The summed E-state index contributed by atoms with van der Waals surface area (Å²) in [5.41, 5.74) is 2.02. The Morgan fingerprint density at radius 1 is 1.14 bits per heavy atom. The smallest absolute Gasteiger partial charge is 0.157 e. The van der Waals surface area contributed by atoms with Crippen molar-refractivity contribution >= 4 is 12.0 Å². The molecule has 6 nitrogen and oxygen atoms in total. The number of aromatic nitrogens is 2. The van der Waals surface area contributed by atoms with E-state index in [0.29, 0.717) is 36.0 Å². The zero-order chi connectivity index (χ0) is 24.4. The Hall–Kier alpha value is -1.53. The molecule has 4 aliphatic carbocycles. The van der Waals surface area contributed by atoms with Gasteiger partial charge in [0.2, 0.25) is 0 Å². The van der Waals surface area contributed by atoms with E-state index in [1.807, 2.05) is 31.1 Å². The lowest BCUT2D eigenvalue weighted by Crippen LogP contribution is -2.58. The summed E-state index contributed by atoms with van der Waals surface area (Å²) in [5.74, 6) is 3.04. The second-order valence-electron chi connectivity index (χ2n) is 13.2. The zero-order valence-corrected chi connectivity index (χ0v) is 21.8. The molecule has 35 heavy (non-hydrogen) atoms. The summed E-state index contributed by atoms with van der Waals surface area (Å²) in [5, 5.41) is 15.4. The SMILES string of the molecule is COC[C@]12CC[C@@](C)(O)C[C@@H]1CC[C@H]1[C@@H]3CC[C@H](C(=O)Cn4ncc5c4C=NCC5)[C@@]3(C)CC[C@@H]12. The van der Waals surface area contributed by atoms with E-state index in [1.165, 1.54) is 31.2 Å². The van der Waals surface area contributed by atoms with Crippen LogP contribution in [0.5, 0.6) is 0 Å². The van der Waals surface area contributed by atoms with Crippen LogP contribution in [-0.4, -0.2) is 52.7 Å². The first-order valence-electron chi connectivity index (χ1n) is 14.1. The normalized spacial score (nSPS) is 44.3. The molecule has 0 unspecified atom stereocenters. The van der Waals surface area contributed by atoms with E-state index >= 15 is 0 Å². The second kappa shape index (κ2) is 8.51. The van der Waals surface area contributed by atoms with Gasteiger partial charge in [-0.15, -0.1) is 0 Å². The molecule has 1 aromatic rings. The summed E-state index contributed by atoms with van der Waals surface area (Å²) in [7, 11) is 1.86. The van der Waals surface area contributed by atoms with Crippen molar-refractivity contribution < 1.29 is 14.6 Å². The number of carbonyl (C=O) groups is 1. The van der Waals surface area contributed by atoms with Crippen LogP contribution in [0.15, 0.2) is 11.2 Å². The Morgan fingerprint density at radius 3 is 2.83 bits per heavy atom. The molecule has 1 N–H and O–H groups in total. The van der Waals surface area contributed by atoms with Gasteiger partial charge in [0, 0.05) is 31.4 Å². The molecule has 4 fully saturated rings. The Bertz CT molecular complexity index is 1010. The summed E-state index contributed by atoms with van der Waals surface area (Å²) in [6.07, 6.45) is 14.6. The van der Waals surface area contributed by atoms with Crippen molar-refractivity contribution in [1.82, 2.24) is 9.78 Å². The molecule has 192 valence electrons. The molecule has 2 heterocycles. The molecule has 0 aromatic carbocycles. The fraction of sp³-hybridized carbons (Fsp3) is 0.828. The number of aliphatic hydroxyl groups is 1. The van der Waals surface area contributed by atoms with Crippen molar-refractivity contribution in [3.63, 3.8) is 0 Å². The van der Waals surface area contributed by atoms with Crippen LogP contribution in [0, 0.1) is 40.4 Å². The number of hydrogen-bond donors (Lipinski definition) is 1. The molecule has 0 spiro atoms. The Balaban J connectivity index is 1.22. The summed E-state index contributed by atoms with van der Waals surface area (Å²) in [6, 6.07) is 0. The minimum atomic E-state index is -0.529. The molecule has 0 amide bonds. The average molecular weight is 482 g/mol. The van der Waals surface area contributed by atoms with E-state index in [2.05, 4.69) is 17.0 Å². The predicted octanol–water partition coefficient (Wildman–Crippen LogP) is 4.46. The molecule has 0 radical (unpaired) electrons. The maximum absolute atomic E-state index is 13.7. The first-order chi connectivity index (χ1) is 16.8. The maximum atomic E-state index is 13.7. The molecule has 4 saturated carbocycles. The van der Waals surface area contributed by atoms with Gasteiger partial charge in [-0.3, -0.25) is 14.5 Å². The number of hydrogen-bond acceptors (Lipinski definition) is 5. The second-order valence-corrected chi connectivity index (χ2v) is 13.2. The number of rotatable bonds is 5.